The van der Waals surface area contributed by atoms with E-state index < -0.39 is 124 Å². The third-order valence-corrected chi connectivity index (χ3v) is 22.1. The van der Waals surface area contributed by atoms with Crippen LogP contribution in [0.4, 0.5) is 0 Å². The van der Waals surface area contributed by atoms with E-state index in [4.69, 9.17) is 28.4 Å². The number of aliphatic hydroxyl groups is 11. The van der Waals surface area contributed by atoms with Crippen LogP contribution < -0.4 is 5.32 Å². The summed E-state index contributed by atoms with van der Waals surface area (Å²) in [4.78, 5) is 13.5. The fraction of sp³-hybridized carbons (Fsp3) is 0.898. The van der Waals surface area contributed by atoms with Crippen LogP contribution in [0.15, 0.2) is 48.6 Å². The topological polar surface area (TPSA) is 307 Å². The van der Waals surface area contributed by atoms with Crippen molar-refractivity contribution in [1.29, 1.82) is 0 Å². The minimum atomic E-state index is -1.98. The molecule has 17 atom stereocenters. The van der Waals surface area contributed by atoms with Crippen molar-refractivity contribution >= 4 is 5.91 Å². The number of ether oxygens (including phenoxy) is 6. The van der Waals surface area contributed by atoms with Crippen molar-refractivity contribution in [2.75, 3.05) is 26.4 Å². The van der Waals surface area contributed by atoms with Crippen molar-refractivity contribution in [3.63, 3.8) is 0 Å². The fourth-order valence-corrected chi connectivity index (χ4v) is 15.0. The number of unbranched alkanes of at least 4 members (excludes halogenated alkanes) is 50. The molecule has 12 N–H and O–H groups in total. The van der Waals surface area contributed by atoms with Gasteiger partial charge in [0.05, 0.1) is 38.6 Å². The quantitative estimate of drug-likeness (QED) is 0.0199. The third kappa shape index (κ3) is 47.3. The summed E-state index contributed by atoms with van der Waals surface area (Å²) in [5.74, 6) is -0.268. The first kappa shape index (κ1) is 98.9. The van der Waals surface area contributed by atoms with Crippen molar-refractivity contribution < 1.29 is 89.4 Å². The van der Waals surface area contributed by atoms with Crippen LogP contribution in [-0.4, -0.2) is 193 Å². The smallest absolute Gasteiger partial charge is 0.220 e. The van der Waals surface area contributed by atoms with E-state index in [1.165, 1.54) is 289 Å². The number of amides is 1. The molecule has 0 aromatic carbocycles. The van der Waals surface area contributed by atoms with Gasteiger partial charge >= 0.3 is 0 Å². The minimum absolute atomic E-state index is 0.247. The summed E-state index contributed by atoms with van der Waals surface area (Å²) >= 11 is 0. The molecule has 0 aromatic heterocycles. The van der Waals surface area contributed by atoms with Gasteiger partial charge in [-0.25, -0.2) is 0 Å². The van der Waals surface area contributed by atoms with E-state index >= 15 is 0 Å². The van der Waals surface area contributed by atoms with Crippen LogP contribution in [0, 0.1) is 0 Å². The molecule has 0 saturated carbocycles. The van der Waals surface area contributed by atoms with Gasteiger partial charge in [-0.3, -0.25) is 4.79 Å². The van der Waals surface area contributed by atoms with Gasteiger partial charge in [0.25, 0.3) is 0 Å². The molecule has 3 heterocycles. The maximum atomic E-state index is 13.5. The van der Waals surface area contributed by atoms with Crippen LogP contribution in [0.1, 0.15) is 373 Å². The van der Waals surface area contributed by atoms with Gasteiger partial charge in [-0.2, -0.15) is 0 Å². The molecule has 0 aromatic rings. The summed E-state index contributed by atoms with van der Waals surface area (Å²) < 4.78 is 34.5. The predicted octanol–water partition coefficient (Wildman–Crippen LogP) is 16.4. The van der Waals surface area contributed by atoms with Crippen molar-refractivity contribution in [3.8, 4) is 0 Å². The molecule has 107 heavy (non-hydrogen) atoms. The van der Waals surface area contributed by atoms with E-state index in [9.17, 15) is 61.0 Å². The average molecular weight is 1520 g/mol. The highest BCUT2D eigenvalue weighted by molar-refractivity contribution is 5.76. The lowest BCUT2D eigenvalue weighted by atomic mass is 9.96. The zero-order valence-electron chi connectivity index (χ0n) is 67.6. The zero-order chi connectivity index (χ0) is 77.4. The molecule has 3 aliphatic rings. The Kier molecular flexibility index (Phi) is 63.0. The van der Waals surface area contributed by atoms with Gasteiger partial charge in [-0.15, -0.1) is 0 Å². The zero-order valence-corrected chi connectivity index (χ0v) is 67.6. The highest BCUT2D eigenvalue weighted by atomic mass is 16.8. The molecule has 0 aliphatic carbocycles. The summed E-state index contributed by atoms with van der Waals surface area (Å²) in [5.41, 5.74) is 0. The highest BCUT2D eigenvalue weighted by Crippen LogP contribution is 2.34. The van der Waals surface area contributed by atoms with Gasteiger partial charge in [0.2, 0.25) is 5.91 Å². The second-order valence-corrected chi connectivity index (χ2v) is 31.7. The first-order chi connectivity index (χ1) is 52.3. The van der Waals surface area contributed by atoms with E-state index in [0.717, 1.165) is 57.8 Å². The van der Waals surface area contributed by atoms with Gasteiger partial charge in [0.15, 0.2) is 18.9 Å². The van der Waals surface area contributed by atoms with Crippen molar-refractivity contribution in [2.24, 2.45) is 0 Å². The molecule has 3 rings (SSSR count). The van der Waals surface area contributed by atoms with Gasteiger partial charge in [-0.05, 0) is 57.8 Å². The molecule has 0 spiro atoms. The fourth-order valence-electron chi connectivity index (χ4n) is 15.0. The van der Waals surface area contributed by atoms with E-state index in [2.05, 4.69) is 55.6 Å². The van der Waals surface area contributed by atoms with Gasteiger partial charge in [-0.1, -0.05) is 358 Å². The molecule has 0 radical (unpaired) electrons. The van der Waals surface area contributed by atoms with Crippen LogP contribution in [0.3, 0.4) is 0 Å². The minimum Gasteiger partial charge on any atom is -0.394 e. The van der Waals surface area contributed by atoms with Gasteiger partial charge in [0.1, 0.15) is 73.2 Å². The first-order valence-corrected chi connectivity index (χ1v) is 44.4. The predicted molar refractivity (Wildman–Crippen MR) is 429 cm³/mol. The Hall–Kier alpha value is -2.25. The number of aliphatic hydroxyl groups excluding tert-OH is 11. The summed E-state index contributed by atoms with van der Waals surface area (Å²) in [6.45, 7) is 1.78. The standard InChI is InChI=1S/C88H163NO18/c1-3-5-7-9-11-13-15-17-19-21-23-25-27-29-30-31-32-33-34-35-36-37-38-39-40-42-44-46-48-50-52-54-56-58-60-62-64-66-76(94)89-71(72(93)65-63-61-59-57-55-53-51-49-47-45-43-41-28-26-24-22-20-18-16-14-12-10-8-6-4-2)70-102-86-82(100)79(97)84(74(68-91)104-86)107-88-83(101)80(98)85(75(69-92)105-88)106-87-81(99)78(96)77(95)73(67-90)103-87/h15,17,21,23,27,29,63,65,71-75,77-88,90-93,95-101H,3-14,16,18-20,22,24-26,28,30-62,64,66-70H2,1-2H3,(H,89,94)/b17-15-,23-21-,29-27-,65-63+. The molecule has 628 valence electrons. The molecule has 19 heteroatoms. The van der Waals surface area contributed by atoms with Crippen molar-refractivity contribution in [2.45, 2.75) is 478 Å². The number of hydrogen-bond acceptors (Lipinski definition) is 18. The molecule has 1 amide bonds. The Labute approximate surface area is 650 Å². The summed E-state index contributed by atoms with van der Waals surface area (Å²) in [7, 11) is 0. The Morgan fingerprint density at radius 2 is 0.617 bits per heavy atom. The van der Waals surface area contributed by atoms with E-state index in [-0.39, 0.29) is 18.9 Å². The third-order valence-electron chi connectivity index (χ3n) is 22.1. The van der Waals surface area contributed by atoms with Gasteiger partial charge in [0, 0.05) is 6.42 Å². The number of carbonyl (C=O) groups is 1. The molecule has 0 bridgehead atoms. The number of nitrogens with one attached hydrogen (secondary N) is 1. The lowest BCUT2D eigenvalue weighted by molar-refractivity contribution is -0.379. The van der Waals surface area contributed by atoms with Gasteiger partial charge < -0.3 is 89.9 Å². The Bertz CT molecular complexity index is 2120. The Morgan fingerprint density at radius 1 is 0.336 bits per heavy atom. The normalized spacial score (nSPS) is 25.7. The van der Waals surface area contributed by atoms with Crippen LogP contribution in [0.25, 0.3) is 0 Å². The maximum absolute atomic E-state index is 13.5. The summed E-state index contributed by atoms with van der Waals surface area (Å²) in [5, 5.41) is 121. The lowest BCUT2D eigenvalue weighted by Gasteiger charge is -2.48. The second kappa shape index (κ2) is 68.2. The molecular weight excluding hydrogens is 1360 g/mol. The van der Waals surface area contributed by atoms with Crippen molar-refractivity contribution in [3.05, 3.63) is 48.6 Å². The molecule has 3 fully saturated rings. The average Bonchev–Trinajstić information content (AvgIpc) is 0.781. The highest BCUT2D eigenvalue weighted by Gasteiger charge is 2.54. The molecule has 3 aliphatic heterocycles. The Balaban J connectivity index is 1.32. The number of rotatable bonds is 72. The summed E-state index contributed by atoms with van der Waals surface area (Å²) in [6.07, 6.45) is 61.1. The van der Waals surface area contributed by atoms with Crippen molar-refractivity contribution in [1.82, 2.24) is 5.32 Å². The van der Waals surface area contributed by atoms with E-state index in [1.54, 1.807) is 6.08 Å². The maximum Gasteiger partial charge on any atom is 0.220 e. The van der Waals surface area contributed by atoms with Crippen LogP contribution in [-0.2, 0) is 33.2 Å². The van der Waals surface area contributed by atoms with E-state index in [0.29, 0.717) is 6.42 Å². The number of allylic oxidation sites excluding steroid dienone is 7. The van der Waals surface area contributed by atoms with Crippen LogP contribution in [0.2, 0.25) is 0 Å². The SMILES string of the molecule is CCCCCCC/C=C\C/C=C\C/C=C\CCCCCCCCCCCCCCCCCCCCCCCCC(=O)NC(COC1OC(CO)C(OC2OC(CO)C(OC3OC(CO)C(O)C(O)C3O)C(O)C2O)C(O)C1O)C(O)/C=C/CCCCCCCCCCCCCCCCCCCCCCCCC. The molecule has 17 unspecified atom stereocenters. The molecule has 3 saturated heterocycles. The number of hydrogen-bond donors (Lipinski definition) is 12. The molecule has 19 nitrogen and oxygen atoms in total. The monoisotopic (exact) mass is 1520 g/mol. The van der Waals surface area contributed by atoms with Crippen LogP contribution >= 0.6 is 0 Å². The van der Waals surface area contributed by atoms with Crippen LogP contribution in [0.5, 0.6) is 0 Å². The second-order valence-electron chi connectivity index (χ2n) is 31.7. The lowest BCUT2D eigenvalue weighted by Crippen LogP contribution is -2.66. The largest absolute Gasteiger partial charge is 0.394 e. The van der Waals surface area contributed by atoms with E-state index in [1.807, 2.05) is 6.08 Å². The number of carbonyl (C=O) groups excluding carboxylic acids is 1. The summed E-state index contributed by atoms with van der Waals surface area (Å²) in [6, 6.07) is -0.974. The first-order valence-electron chi connectivity index (χ1n) is 44.4. The molecular formula is C88H163NO18. The Morgan fingerprint density at radius 3 is 0.963 bits per heavy atom.